The van der Waals surface area contributed by atoms with E-state index in [1.54, 1.807) is 13.2 Å². The third-order valence-electron chi connectivity index (χ3n) is 5.09. The van der Waals surface area contributed by atoms with Crippen molar-refractivity contribution in [3.8, 4) is 5.75 Å². The topological polar surface area (TPSA) is 75.7 Å². The summed E-state index contributed by atoms with van der Waals surface area (Å²) in [4.78, 5) is 12.6. The first-order valence-corrected chi connectivity index (χ1v) is 11.3. The maximum absolute atomic E-state index is 13.9. The van der Waals surface area contributed by atoms with Gasteiger partial charge in [-0.1, -0.05) is 24.3 Å². The Balaban J connectivity index is 1.72. The van der Waals surface area contributed by atoms with Gasteiger partial charge < -0.3 is 10.1 Å². The van der Waals surface area contributed by atoms with Gasteiger partial charge in [-0.2, -0.15) is 4.31 Å². The molecule has 0 saturated carbocycles. The minimum atomic E-state index is -3.70. The number of fused-ring (bicyclic) bond motifs is 1. The second kappa shape index (κ2) is 8.92. The number of nitrogens with one attached hydrogen (secondary N) is 1. The van der Waals surface area contributed by atoms with E-state index in [1.165, 1.54) is 18.2 Å². The monoisotopic (exact) mass is 420 g/mol. The zero-order valence-electron chi connectivity index (χ0n) is 16.5. The Morgan fingerprint density at radius 2 is 2.03 bits per heavy atom. The van der Waals surface area contributed by atoms with Crippen molar-refractivity contribution in [2.45, 2.75) is 31.8 Å². The largest absolute Gasteiger partial charge is 0.497 e. The third kappa shape index (κ3) is 5.33. The summed E-state index contributed by atoms with van der Waals surface area (Å²) in [5, 5.41) is 2.94. The van der Waals surface area contributed by atoms with Crippen LogP contribution in [0.4, 0.5) is 4.39 Å². The van der Waals surface area contributed by atoms with E-state index in [2.05, 4.69) is 5.32 Å². The molecule has 0 saturated heterocycles. The number of carbonyl (C=O) groups is 1. The van der Waals surface area contributed by atoms with E-state index in [-0.39, 0.29) is 24.7 Å². The predicted octanol–water partition coefficient (Wildman–Crippen LogP) is 2.79. The van der Waals surface area contributed by atoms with E-state index in [0.29, 0.717) is 0 Å². The van der Waals surface area contributed by atoms with Gasteiger partial charge in [0.1, 0.15) is 11.6 Å². The number of aryl methyl sites for hydroxylation is 1. The smallest absolute Gasteiger partial charge is 0.235 e. The fourth-order valence-corrected chi connectivity index (χ4v) is 4.30. The molecular formula is C21H25FN2O4S. The summed E-state index contributed by atoms with van der Waals surface area (Å²) < 4.78 is 44.5. The van der Waals surface area contributed by atoms with Crippen molar-refractivity contribution in [3.05, 3.63) is 65.0 Å². The van der Waals surface area contributed by atoms with Crippen LogP contribution in [0.2, 0.25) is 0 Å². The lowest BCUT2D eigenvalue weighted by Gasteiger charge is -2.28. The average Bonchev–Trinajstić information content (AvgIpc) is 2.68. The molecule has 0 heterocycles. The van der Waals surface area contributed by atoms with Crippen molar-refractivity contribution in [2.24, 2.45) is 0 Å². The second-order valence-corrected chi connectivity index (χ2v) is 9.18. The molecule has 2 aromatic rings. The lowest BCUT2D eigenvalue weighted by atomic mass is 9.87. The molecule has 6 nitrogen and oxygen atoms in total. The molecule has 0 aromatic heterocycles. The Bertz CT molecular complexity index is 994. The standard InChI is InChI=1S/C21H25FN2O4S/c1-28-17-10-11-18-15(12-17)7-5-9-20(18)23-21(25)14-24(29(2,26)27)13-16-6-3-4-8-19(16)22/h3-4,6,8,10-12,20H,5,7,9,13-14H2,1-2H3,(H,23,25). The summed E-state index contributed by atoms with van der Waals surface area (Å²) in [6.45, 7) is -0.563. The van der Waals surface area contributed by atoms with Crippen molar-refractivity contribution in [1.82, 2.24) is 9.62 Å². The third-order valence-corrected chi connectivity index (χ3v) is 6.29. The van der Waals surface area contributed by atoms with Crippen LogP contribution in [0.1, 0.15) is 35.6 Å². The summed E-state index contributed by atoms with van der Waals surface area (Å²) in [6.07, 6.45) is 3.61. The van der Waals surface area contributed by atoms with E-state index < -0.39 is 21.7 Å². The zero-order valence-corrected chi connectivity index (χ0v) is 17.3. The molecule has 0 aliphatic heterocycles. The van der Waals surface area contributed by atoms with Gasteiger partial charge in [-0.3, -0.25) is 4.79 Å². The van der Waals surface area contributed by atoms with Crippen LogP contribution in [0.5, 0.6) is 5.75 Å². The summed E-state index contributed by atoms with van der Waals surface area (Å²) in [6, 6.07) is 11.5. The van der Waals surface area contributed by atoms with E-state index in [9.17, 15) is 17.6 Å². The highest BCUT2D eigenvalue weighted by Crippen LogP contribution is 2.32. The maximum Gasteiger partial charge on any atom is 0.235 e. The first kappa shape index (κ1) is 21.3. The number of hydrogen-bond acceptors (Lipinski definition) is 4. The van der Waals surface area contributed by atoms with Gasteiger partial charge in [-0.05, 0) is 48.6 Å². The number of carbonyl (C=O) groups excluding carboxylic acids is 1. The molecule has 156 valence electrons. The molecule has 1 N–H and O–H groups in total. The number of hydrogen-bond donors (Lipinski definition) is 1. The fourth-order valence-electron chi connectivity index (χ4n) is 3.57. The summed E-state index contributed by atoms with van der Waals surface area (Å²) in [5.74, 6) is -0.152. The minimum Gasteiger partial charge on any atom is -0.497 e. The summed E-state index contributed by atoms with van der Waals surface area (Å²) in [5.41, 5.74) is 2.36. The van der Waals surface area contributed by atoms with Crippen LogP contribution in [-0.4, -0.2) is 38.5 Å². The quantitative estimate of drug-likeness (QED) is 0.747. The number of halogens is 1. The molecule has 0 bridgehead atoms. The minimum absolute atomic E-state index is 0.188. The van der Waals surface area contributed by atoms with Gasteiger partial charge in [0.05, 0.1) is 26.0 Å². The predicted molar refractivity (Wildman–Crippen MR) is 108 cm³/mol. The first-order valence-electron chi connectivity index (χ1n) is 9.42. The molecule has 0 spiro atoms. The van der Waals surface area contributed by atoms with Gasteiger partial charge in [-0.15, -0.1) is 0 Å². The van der Waals surface area contributed by atoms with Crippen LogP contribution in [0.15, 0.2) is 42.5 Å². The lowest BCUT2D eigenvalue weighted by Crippen LogP contribution is -2.41. The SMILES string of the molecule is COc1ccc2c(c1)CCCC2NC(=O)CN(Cc1ccccc1F)S(C)(=O)=O. The Kier molecular flexibility index (Phi) is 6.54. The van der Waals surface area contributed by atoms with Crippen LogP contribution in [-0.2, 0) is 27.8 Å². The molecule has 1 amide bonds. The van der Waals surface area contributed by atoms with Crippen LogP contribution >= 0.6 is 0 Å². The van der Waals surface area contributed by atoms with Crippen molar-refractivity contribution in [2.75, 3.05) is 19.9 Å². The summed E-state index contributed by atoms with van der Waals surface area (Å²) in [7, 11) is -2.09. The van der Waals surface area contributed by atoms with Gasteiger partial charge >= 0.3 is 0 Å². The average molecular weight is 421 g/mol. The number of nitrogens with zero attached hydrogens (tertiary/aromatic N) is 1. The number of ether oxygens (including phenoxy) is 1. The van der Waals surface area contributed by atoms with Gasteiger partial charge in [-0.25, -0.2) is 12.8 Å². The molecule has 2 aromatic carbocycles. The Morgan fingerprint density at radius 1 is 1.28 bits per heavy atom. The van der Waals surface area contributed by atoms with Crippen LogP contribution in [0.3, 0.4) is 0 Å². The van der Waals surface area contributed by atoms with Crippen LogP contribution < -0.4 is 10.1 Å². The number of amides is 1. The highest BCUT2D eigenvalue weighted by atomic mass is 32.2. The van der Waals surface area contributed by atoms with Gasteiger partial charge in [0.25, 0.3) is 0 Å². The van der Waals surface area contributed by atoms with Crippen LogP contribution in [0.25, 0.3) is 0 Å². The highest BCUT2D eigenvalue weighted by Gasteiger charge is 2.26. The molecule has 0 fully saturated rings. The molecule has 0 radical (unpaired) electrons. The van der Waals surface area contributed by atoms with Crippen LogP contribution in [0, 0.1) is 5.82 Å². The lowest BCUT2D eigenvalue weighted by molar-refractivity contribution is -0.122. The van der Waals surface area contributed by atoms with Gasteiger partial charge in [0.2, 0.25) is 15.9 Å². The Morgan fingerprint density at radius 3 is 2.72 bits per heavy atom. The van der Waals surface area contributed by atoms with Crippen molar-refractivity contribution in [1.29, 1.82) is 0 Å². The molecule has 1 aliphatic rings. The molecule has 1 atom stereocenters. The summed E-state index contributed by atoms with van der Waals surface area (Å²) >= 11 is 0. The number of rotatable bonds is 7. The van der Waals surface area contributed by atoms with Crippen molar-refractivity contribution < 1.29 is 22.3 Å². The highest BCUT2D eigenvalue weighted by molar-refractivity contribution is 7.88. The number of benzene rings is 2. The fraction of sp³-hybridized carbons (Fsp3) is 0.381. The van der Waals surface area contributed by atoms with Gasteiger partial charge in [0, 0.05) is 12.1 Å². The molecule has 8 heteroatoms. The molecule has 1 unspecified atom stereocenters. The molecular weight excluding hydrogens is 395 g/mol. The molecule has 1 aliphatic carbocycles. The second-order valence-electron chi connectivity index (χ2n) is 7.20. The van der Waals surface area contributed by atoms with Gasteiger partial charge in [0.15, 0.2) is 0 Å². The maximum atomic E-state index is 13.9. The molecule has 3 rings (SSSR count). The number of methoxy groups -OCH3 is 1. The number of sulfonamides is 1. The Labute approximate surface area is 170 Å². The Hall–Kier alpha value is -2.45. The van der Waals surface area contributed by atoms with Crippen molar-refractivity contribution in [3.63, 3.8) is 0 Å². The normalized spacial score (nSPS) is 16.3. The zero-order chi connectivity index (χ0) is 21.0. The van der Waals surface area contributed by atoms with E-state index in [4.69, 9.17) is 4.74 Å². The molecule has 29 heavy (non-hydrogen) atoms. The first-order chi connectivity index (χ1) is 13.8. The van der Waals surface area contributed by atoms with E-state index in [0.717, 1.165) is 46.7 Å². The van der Waals surface area contributed by atoms with E-state index >= 15 is 0 Å². The van der Waals surface area contributed by atoms with E-state index in [1.807, 2.05) is 18.2 Å². The van der Waals surface area contributed by atoms with Crippen molar-refractivity contribution >= 4 is 15.9 Å².